The van der Waals surface area contributed by atoms with Crippen molar-refractivity contribution in [3.8, 4) is 11.5 Å². The molecule has 2 aliphatic heterocycles. The third-order valence-corrected chi connectivity index (χ3v) is 4.88. The van der Waals surface area contributed by atoms with Crippen LogP contribution in [-0.2, 0) is 13.1 Å². The largest absolute Gasteiger partial charge is 0.454 e. The quantitative estimate of drug-likeness (QED) is 0.849. The van der Waals surface area contributed by atoms with Gasteiger partial charge < -0.3 is 9.47 Å². The number of benzene rings is 2. The highest BCUT2D eigenvalue weighted by Gasteiger charge is 2.19. The van der Waals surface area contributed by atoms with Crippen LogP contribution in [0.4, 0.5) is 0 Å². The molecule has 1 fully saturated rings. The van der Waals surface area contributed by atoms with Crippen LogP contribution in [0.5, 0.6) is 11.5 Å². The van der Waals surface area contributed by atoms with E-state index in [9.17, 15) is 0 Å². The molecule has 0 aromatic heterocycles. The van der Waals surface area contributed by atoms with Gasteiger partial charge in [-0.25, -0.2) is 0 Å². The summed E-state index contributed by atoms with van der Waals surface area (Å²) in [7, 11) is 0. The smallest absolute Gasteiger partial charge is 0.231 e. The van der Waals surface area contributed by atoms with E-state index in [1.807, 2.05) is 18.2 Å². The highest BCUT2D eigenvalue weighted by Crippen LogP contribution is 2.32. The van der Waals surface area contributed by atoms with Crippen LogP contribution in [0.15, 0.2) is 42.5 Å². The monoisotopic (exact) mass is 344 g/mol. The lowest BCUT2D eigenvalue weighted by Crippen LogP contribution is -2.45. The number of piperazine rings is 1. The lowest BCUT2D eigenvalue weighted by Gasteiger charge is -2.34. The molecule has 0 spiro atoms. The van der Waals surface area contributed by atoms with Gasteiger partial charge in [-0.3, -0.25) is 9.80 Å². The summed E-state index contributed by atoms with van der Waals surface area (Å²) in [5.74, 6) is 1.72. The summed E-state index contributed by atoms with van der Waals surface area (Å²) >= 11 is 5.95. The van der Waals surface area contributed by atoms with Gasteiger partial charge in [-0.1, -0.05) is 29.8 Å². The molecule has 0 saturated carbocycles. The number of rotatable bonds is 4. The van der Waals surface area contributed by atoms with Gasteiger partial charge in [0.15, 0.2) is 11.5 Å². The highest BCUT2D eigenvalue weighted by atomic mass is 35.5. The summed E-state index contributed by atoms with van der Waals surface area (Å²) in [6.45, 7) is 6.65. The van der Waals surface area contributed by atoms with Crippen molar-refractivity contribution in [2.24, 2.45) is 0 Å². The molecule has 0 N–H and O–H groups in total. The van der Waals surface area contributed by atoms with Gasteiger partial charge in [-0.2, -0.15) is 0 Å². The second kappa shape index (κ2) is 7.01. The Morgan fingerprint density at radius 1 is 0.750 bits per heavy atom. The van der Waals surface area contributed by atoms with Gasteiger partial charge in [0.2, 0.25) is 6.79 Å². The molecular formula is C19H21ClN2O2. The summed E-state index contributed by atoms with van der Waals surface area (Å²) in [5, 5.41) is 0.798. The minimum Gasteiger partial charge on any atom is -0.454 e. The van der Waals surface area contributed by atoms with Gasteiger partial charge >= 0.3 is 0 Å². The summed E-state index contributed by atoms with van der Waals surface area (Å²) in [4.78, 5) is 5.00. The summed E-state index contributed by atoms with van der Waals surface area (Å²) in [5.41, 5.74) is 2.61. The molecule has 4 nitrogen and oxygen atoms in total. The van der Waals surface area contributed by atoms with Crippen molar-refractivity contribution >= 4 is 11.6 Å². The molecule has 0 aliphatic carbocycles. The average molecular weight is 345 g/mol. The minimum absolute atomic E-state index is 0.335. The van der Waals surface area contributed by atoms with Crippen molar-refractivity contribution in [3.05, 3.63) is 58.6 Å². The zero-order valence-corrected chi connectivity index (χ0v) is 14.3. The summed E-state index contributed by atoms with van der Waals surface area (Å²) in [6, 6.07) is 14.4. The van der Waals surface area contributed by atoms with Crippen LogP contribution < -0.4 is 9.47 Å². The van der Waals surface area contributed by atoms with Gasteiger partial charge in [0, 0.05) is 44.3 Å². The number of hydrogen-bond acceptors (Lipinski definition) is 4. The van der Waals surface area contributed by atoms with Crippen LogP contribution in [0.1, 0.15) is 11.1 Å². The Labute approximate surface area is 147 Å². The molecule has 0 radical (unpaired) electrons. The summed E-state index contributed by atoms with van der Waals surface area (Å²) in [6.07, 6.45) is 0. The van der Waals surface area contributed by atoms with Crippen LogP contribution in [0.3, 0.4) is 0 Å². The van der Waals surface area contributed by atoms with Crippen LogP contribution >= 0.6 is 11.6 Å². The van der Waals surface area contributed by atoms with E-state index in [1.165, 1.54) is 11.1 Å². The third-order valence-electron chi connectivity index (χ3n) is 4.63. The maximum absolute atomic E-state index is 5.95. The van der Waals surface area contributed by atoms with Gasteiger partial charge in [0.05, 0.1) is 0 Å². The Hall–Kier alpha value is -1.75. The molecular weight excluding hydrogens is 324 g/mol. The SMILES string of the molecule is Clc1ccc(CN2CCN(Cc3ccc4c(c3)OCO4)CC2)cc1. The first-order valence-electron chi connectivity index (χ1n) is 8.34. The Balaban J connectivity index is 1.29. The molecule has 0 atom stereocenters. The molecule has 2 aromatic carbocycles. The van der Waals surface area contributed by atoms with E-state index in [1.54, 1.807) is 0 Å². The lowest BCUT2D eigenvalue weighted by molar-refractivity contribution is 0.122. The molecule has 0 unspecified atom stereocenters. The summed E-state index contributed by atoms with van der Waals surface area (Å²) < 4.78 is 10.8. The number of hydrogen-bond donors (Lipinski definition) is 0. The topological polar surface area (TPSA) is 24.9 Å². The average Bonchev–Trinajstić information content (AvgIpc) is 3.06. The Kier molecular flexibility index (Phi) is 4.60. The van der Waals surface area contributed by atoms with E-state index in [0.717, 1.165) is 55.8 Å². The molecule has 0 amide bonds. The van der Waals surface area contributed by atoms with Crippen molar-refractivity contribution < 1.29 is 9.47 Å². The fraction of sp³-hybridized carbons (Fsp3) is 0.368. The van der Waals surface area contributed by atoms with E-state index in [-0.39, 0.29) is 0 Å². The number of halogens is 1. The molecule has 4 rings (SSSR count). The molecule has 2 heterocycles. The predicted octanol–water partition coefficient (Wildman–Crippen LogP) is 3.39. The van der Waals surface area contributed by atoms with Crippen molar-refractivity contribution in [1.29, 1.82) is 0 Å². The zero-order chi connectivity index (χ0) is 16.4. The minimum atomic E-state index is 0.335. The molecule has 5 heteroatoms. The van der Waals surface area contributed by atoms with E-state index >= 15 is 0 Å². The number of nitrogens with zero attached hydrogens (tertiary/aromatic N) is 2. The first kappa shape index (κ1) is 15.8. The number of fused-ring (bicyclic) bond motifs is 1. The Morgan fingerprint density at radius 2 is 1.33 bits per heavy atom. The normalized spacial score (nSPS) is 18.0. The number of ether oxygens (including phenoxy) is 2. The van der Waals surface area contributed by atoms with Gasteiger partial charge in [-0.15, -0.1) is 0 Å². The second-order valence-corrected chi connectivity index (χ2v) is 6.80. The first-order valence-corrected chi connectivity index (χ1v) is 8.72. The lowest BCUT2D eigenvalue weighted by atomic mass is 10.1. The van der Waals surface area contributed by atoms with Gasteiger partial charge in [-0.05, 0) is 35.4 Å². The molecule has 2 aliphatic rings. The Morgan fingerprint density at radius 3 is 2.04 bits per heavy atom. The van der Waals surface area contributed by atoms with Crippen LogP contribution in [0, 0.1) is 0 Å². The van der Waals surface area contributed by atoms with Crippen LogP contribution in [-0.4, -0.2) is 42.8 Å². The van der Waals surface area contributed by atoms with E-state index in [4.69, 9.17) is 21.1 Å². The van der Waals surface area contributed by atoms with Crippen molar-refractivity contribution in [3.63, 3.8) is 0 Å². The van der Waals surface area contributed by atoms with Crippen molar-refractivity contribution in [2.45, 2.75) is 13.1 Å². The molecule has 0 bridgehead atoms. The maximum atomic E-state index is 5.95. The van der Waals surface area contributed by atoms with E-state index in [2.05, 4.69) is 34.1 Å². The van der Waals surface area contributed by atoms with Crippen LogP contribution in [0.25, 0.3) is 0 Å². The zero-order valence-electron chi connectivity index (χ0n) is 13.6. The predicted molar refractivity (Wildman–Crippen MR) is 94.6 cm³/mol. The molecule has 1 saturated heterocycles. The van der Waals surface area contributed by atoms with E-state index in [0.29, 0.717) is 6.79 Å². The van der Waals surface area contributed by atoms with Crippen LogP contribution in [0.2, 0.25) is 5.02 Å². The van der Waals surface area contributed by atoms with Crippen molar-refractivity contribution in [2.75, 3.05) is 33.0 Å². The van der Waals surface area contributed by atoms with Crippen molar-refractivity contribution in [1.82, 2.24) is 9.80 Å². The van der Waals surface area contributed by atoms with E-state index < -0.39 is 0 Å². The molecule has 2 aromatic rings. The molecule has 126 valence electrons. The fourth-order valence-corrected chi connectivity index (χ4v) is 3.38. The Bertz CT molecular complexity index is 697. The molecule has 24 heavy (non-hydrogen) atoms. The highest BCUT2D eigenvalue weighted by molar-refractivity contribution is 6.30. The maximum Gasteiger partial charge on any atom is 0.231 e. The van der Waals surface area contributed by atoms with Gasteiger partial charge in [0.1, 0.15) is 0 Å². The fourth-order valence-electron chi connectivity index (χ4n) is 3.25. The third kappa shape index (κ3) is 3.66. The standard InChI is InChI=1S/C19H21ClN2O2/c20-17-4-1-15(2-5-17)12-21-7-9-22(10-8-21)13-16-3-6-18-19(11-16)24-14-23-18/h1-6,11H,7-10,12-14H2. The first-order chi connectivity index (χ1) is 11.8. The van der Waals surface area contributed by atoms with Gasteiger partial charge in [0.25, 0.3) is 0 Å². The second-order valence-electron chi connectivity index (χ2n) is 6.37.